The van der Waals surface area contributed by atoms with Crippen molar-refractivity contribution in [2.75, 3.05) is 17.3 Å². The summed E-state index contributed by atoms with van der Waals surface area (Å²) in [5.74, 6) is -0.160. The molecular weight excluding hydrogens is 328 g/mol. The van der Waals surface area contributed by atoms with E-state index in [1.165, 1.54) is 0 Å². The Bertz CT molecular complexity index is 1070. The summed E-state index contributed by atoms with van der Waals surface area (Å²) < 4.78 is 0. The van der Waals surface area contributed by atoms with Crippen LogP contribution in [0.2, 0.25) is 0 Å². The first kappa shape index (κ1) is 16.2. The molecule has 1 aromatic heterocycles. The highest BCUT2D eigenvalue weighted by molar-refractivity contribution is 6.07. The number of likely N-dealkylation sites (N-methyl/N-ethyl adjacent to an activating group) is 1. The molecular formula is C20H18N4O2. The van der Waals surface area contributed by atoms with Gasteiger partial charge in [-0.05, 0) is 55.8 Å². The molecule has 2 aromatic carbocycles. The predicted molar refractivity (Wildman–Crippen MR) is 101 cm³/mol. The summed E-state index contributed by atoms with van der Waals surface area (Å²) in [6.45, 7) is 3.82. The molecule has 130 valence electrons. The van der Waals surface area contributed by atoms with Crippen molar-refractivity contribution >= 4 is 34.2 Å². The molecule has 0 atom stereocenters. The monoisotopic (exact) mass is 346 g/mol. The van der Waals surface area contributed by atoms with Crippen LogP contribution < -0.4 is 10.2 Å². The van der Waals surface area contributed by atoms with Crippen molar-refractivity contribution in [2.24, 2.45) is 0 Å². The number of carbonyl (C=O) groups is 2. The van der Waals surface area contributed by atoms with Gasteiger partial charge in [-0.3, -0.25) is 9.59 Å². The van der Waals surface area contributed by atoms with Crippen LogP contribution in [0.3, 0.4) is 0 Å². The molecule has 6 heteroatoms. The van der Waals surface area contributed by atoms with Crippen LogP contribution in [0.4, 0.5) is 11.4 Å². The van der Waals surface area contributed by atoms with E-state index in [0.717, 1.165) is 28.2 Å². The second kappa shape index (κ2) is 5.91. The van der Waals surface area contributed by atoms with E-state index in [4.69, 9.17) is 0 Å². The SMILES string of the molecule is Cc1nc2ccc(C(=O)Nc3ccc4c(c3)CC(=O)N4C)cc2nc1C. The Morgan fingerprint density at radius 1 is 1.04 bits per heavy atom. The van der Waals surface area contributed by atoms with Crippen LogP contribution in [0.25, 0.3) is 11.0 Å². The van der Waals surface area contributed by atoms with Gasteiger partial charge in [0.15, 0.2) is 0 Å². The fraction of sp³-hybridized carbons (Fsp3) is 0.200. The standard InChI is InChI=1S/C20H18N4O2/c1-11-12(2)22-17-9-13(4-6-16(17)21-11)20(26)23-15-5-7-18-14(8-15)10-19(25)24(18)3/h4-9H,10H2,1-3H3,(H,23,26). The minimum atomic E-state index is -0.218. The van der Waals surface area contributed by atoms with Gasteiger partial charge < -0.3 is 10.2 Å². The largest absolute Gasteiger partial charge is 0.322 e. The second-order valence-corrected chi connectivity index (χ2v) is 6.53. The molecule has 1 N–H and O–H groups in total. The first-order valence-electron chi connectivity index (χ1n) is 8.38. The van der Waals surface area contributed by atoms with E-state index < -0.39 is 0 Å². The highest BCUT2D eigenvalue weighted by Gasteiger charge is 2.24. The summed E-state index contributed by atoms with van der Waals surface area (Å²) >= 11 is 0. The lowest BCUT2D eigenvalue weighted by molar-refractivity contribution is -0.117. The number of nitrogens with one attached hydrogen (secondary N) is 1. The fourth-order valence-electron chi connectivity index (χ4n) is 3.12. The average molecular weight is 346 g/mol. The Labute approximate surface area is 150 Å². The summed E-state index contributed by atoms with van der Waals surface area (Å²) in [6, 6.07) is 10.8. The van der Waals surface area contributed by atoms with Crippen LogP contribution in [0.5, 0.6) is 0 Å². The number of rotatable bonds is 2. The first-order chi connectivity index (χ1) is 12.4. The maximum absolute atomic E-state index is 12.6. The number of anilines is 2. The van der Waals surface area contributed by atoms with Gasteiger partial charge >= 0.3 is 0 Å². The number of benzene rings is 2. The molecule has 6 nitrogen and oxygen atoms in total. The number of aromatic nitrogens is 2. The van der Waals surface area contributed by atoms with Crippen molar-refractivity contribution in [3.63, 3.8) is 0 Å². The van der Waals surface area contributed by atoms with Gasteiger partial charge in [0.05, 0.1) is 28.8 Å². The Hall–Kier alpha value is -3.28. The summed E-state index contributed by atoms with van der Waals surface area (Å²) in [4.78, 5) is 35.0. The van der Waals surface area contributed by atoms with E-state index in [2.05, 4.69) is 15.3 Å². The first-order valence-corrected chi connectivity index (χ1v) is 8.38. The molecule has 0 spiro atoms. The number of amides is 2. The zero-order chi connectivity index (χ0) is 18.4. The van der Waals surface area contributed by atoms with Gasteiger partial charge in [0.1, 0.15) is 0 Å². The smallest absolute Gasteiger partial charge is 0.255 e. The summed E-state index contributed by atoms with van der Waals surface area (Å²) in [5.41, 5.74) is 6.19. The summed E-state index contributed by atoms with van der Waals surface area (Å²) in [6.07, 6.45) is 0.361. The van der Waals surface area contributed by atoms with E-state index in [1.807, 2.05) is 26.0 Å². The molecule has 0 unspecified atom stereocenters. The van der Waals surface area contributed by atoms with Crippen LogP contribution in [0, 0.1) is 13.8 Å². The Balaban J connectivity index is 1.61. The number of hydrogen-bond acceptors (Lipinski definition) is 4. The van der Waals surface area contributed by atoms with Gasteiger partial charge in [-0.1, -0.05) is 0 Å². The molecule has 1 aliphatic rings. The Morgan fingerprint density at radius 3 is 2.54 bits per heavy atom. The lowest BCUT2D eigenvalue weighted by atomic mass is 10.1. The number of carbonyl (C=O) groups excluding carboxylic acids is 2. The number of hydrogen-bond donors (Lipinski definition) is 1. The molecule has 0 bridgehead atoms. The molecule has 26 heavy (non-hydrogen) atoms. The number of aryl methyl sites for hydroxylation is 2. The highest BCUT2D eigenvalue weighted by Crippen LogP contribution is 2.30. The fourth-order valence-corrected chi connectivity index (χ4v) is 3.12. The van der Waals surface area contributed by atoms with Crippen LogP contribution in [-0.4, -0.2) is 28.8 Å². The van der Waals surface area contributed by atoms with E-state index >= 15 is 0 Å². The topological polar surface area (TPSA) is 75.2 Å². The van der Waals surface area contributed by atoms with E-state index in [9.17, 15) is 9.59 Å². The minimum Gasteiger partial charge on any atom is -0.322 e. The molecule has 0 aliphatic carbocycles. The van der Waals surface area contributed by atoms with Crippen LogP contribution in [0.1, 0.15) is 27.3 Å². The lowest BCUT2D eigenvalue weighted by Crippen LogP contribution is -2.20. The molecule has 3 aromatic rings. The number of fused-ring (bicyclic) bond motifs is 2. The van der Waals surface area contributed by atoms with Crippen LogP contribution in [0.15, 0.2) is 36.4 Å². The zero-order valence-corrected chi connectivity index (χ0v) is 14.8. The van der Waals surface area contributed by atoms with Crippen molar-refractivity contribution in [3.05, 3.63) is 58.9 Å². The Morgan fingerprint density at radius 2 is 1.77 bits per heavy atom. The third-order valence-corrected chi connectivity index (χ3v) is 4.75. The lowest BCUT2D eigenvalue weighted by Gasteiger charge is -2.11. The van der Waals surface area contributed by atoms with Crippen LogP contribution in [-0.2, 0) is 11.2 Å². The third-order valence-electron chi connectivity index (χ3n) is 4.75. The van der Waals surface area contributed by atoms with E-state index in [1.54, 1.807) is 36.2 Å². The van der Waals surface area contributed by atoms with Gasteiger partial charge in [0.2, 0.25) is 5.91 Å². The van der Waals surface area contributed by atoms with Crippen LogP contribution >= 0.6 is 0 Å². The molecule has 1 aliphatic heterocycles. The Kier molecular flexibility index (Phi) is 3.68. The molecule has 4 rings (SSSR count). The predicted octanol–water partition coefficient (Wildman–Crippen LogP) is 3.02. The van der Waals surface area contributed by atoms with E-state index in [0.29, 0.717) is 23.2 Å². The summed E-state index contributed by atoms with van der Waals surface area (Å²) in [7, 11) is 1.76. The molecule has 0 fully saturated rings. The molecule has 2 heterocycles. The van der Waals surface area contributed by atoms with Crippen molar-refractivity contribution in [3.8, 4) is 0 Å². The van der Waals surface area contributed by atoms with Crippen molar-refractivity contribution in [1.29, 1.82) is 0 Å². The van der Waals surface area contributed by atoms with Gasteiger partial charge in [-0.15, -0.1) is 0 Å². The average Bonchev–Trinajstić information content (AvgIpc) is 2.89. The molecule has 0 saturated carbocycles. The molecule has 0 radical (unpaired) electrons. The quantitative estimate of drug-likeness (QED) is 0.774. The molecule has 2 amide bonds. The highest BCUT2D eigenvalue weighted by atomic mass is 16.2. The van der Waals surface area contributed by atoms with Gasteiger partial charge in [-0.2, -0.15) is 0 Å². The summed E-state index contributed by atoms with van der Waals surface area (Å²) in [5, 5.41) is 2.89. The van der Waals surface area contributed by atoms with Gasteiger partial charge in [-0.25, -0.2) is 9.97 Å². The third kappa shape index (κ3) is 2.69. The van der Waals surface area contributed by atoms with Gasteiger partial charge in [0, 0.05) is 24.0 Å². The normalized spacial score (nSPS) is 13.2. The maximum atomic E-state index is 12.6. The van der Waals surface area contributed by atoms with E-state index in [-0.39, 0.29) is 11.8 Å². The zero-order valence-electron chi connectivity index (χ0n) is 14.8. The molecule has 0 saturated heterocycles. The second-order valence-electron chi connectivity index (χ2n) is 6.53. The number of nitrogens with zero attached hydrogens (tertiary/aromatic N) is 3. The van der Waals surface area contributed by atoms with Gasteiger partial charge in [0.25, 0.3) is 5.91 Å². The minimum absolute atomic E-state index is 0.0576. The maximum Gasteiger partial charge on any atom is 0.255 e. The van der Waals surface area contributed by atoms with Crippen molar-refractivity contribution in [2.45, 2.75) is 20.3 Å². The van der Waals surface area contributed by atoms with Crippen molar-refractivity contribution in [1.82, 2.24) is 9.97 Å². The van der Waals surface area contributed by atoms with Crippen molar-refractivity contribution < 1.29 is 9.59 Å².